The molecule has 3 aromatic rings. The Bertz CT molecular complexity index is 1080. The highest BCUT2D eigenvalue weighted by molar-refractivity contribution is 5.66. The van der Waals surface area contributed by atoms with E-state index >= 15 is 0 Å². The smallest absolute Gasteiger partial charge is 0.277 e. The normalized spacial score (nSPS) is 10.8. The number of azide groups is 1. The van der Waals surface area contributed by atoms with Crippen molar-refractivity contribution in [2.24, 2.45) is 5.11 Å². The molecule has 27 heavy (non-hydrogen) atoms. The molecule has 140 valence electrons. The van der Waals surface area contributed by atoms with Crippen LogP contribution in [0.25, 0.3) is 27.3 Å². The molecule has 1 N–H and O–H groups in total. The Morgan fingerprint density at radius 3 is 2.89 bits per heavy atom. The summed E-state index contributed by atoms with van der Waals surface area (Å²) in [4.78, 5) is 22.8. The summed E-state index contributed by atoms with van der Waals surface area (Å²) in [5, 5.41) is 8.22. The standard InChI is InChI=1S/C18H21N7O2/c1-4-6-15-21-11(3)16-18(26)22-17(23-25(15)16)13-9-12(10-20-24-19)7-8-14(13)27-5-2/h7-9H,4-6,10H2,1-3H3,(H,22,23,26). The molecule has 9 heteroatoms. The van der Waals surface area contributed by atoms with Gasteiger partial charge in [-0.15, -0.1) is 5.10 Å². The number of hydrogen-bond donors (Lipinski definition) is 1. The molecule has 3 rings (SSSR count). The summed E-state index contributed by atoms with van der Waals surface area (Å²) < 4.78 is 7.31. The molecule has 0 aliphatic heterocycles. The van der Waals surface area contributed by atoms with Crippen molar-refractivity contribution in [3.8, 4) is 17.1 Å². The Kier molecular flexibility index (Phi) is 5.42. The second-order valence-electron chi connectivity index (χ2n) is 6.08. The number of hydrogen-bond acceptors (Lipinski definition) is 5. The van der Waals surface area contributed by atoms with Gasteiger partial charge in [-0.1, -0.05) is 18.1 Å². The van der Waals surface area contributed by atoms with E-state index < -0.39 is 0 Å². The number of rotatable bonds is 7. The van der Waals surface area contributed by atoms with E-state index in [1.54, 1.807) is 17.5 Å². The van der Waals surface area contributed by atoms with Crippen molar-refractivity contribution in [1.29, 1.82) is 0 Å². The first-order valence-corrected chi connectivity index (χ1v) is 8.84. The third-order valence-corrected chi connectivity index (χ3v) is 4.13. The number of fused-ring (bicyclic) bond motifs is 1. The first-order valence-electron chi connectivity index (χ1n) is 8.84. The number of aromatic nitrogens is 4. The Hall–Kier alpha value is -3.32. The summed E-state index contributed by atoms with van der Waals surface area (Å²) in [5.41, 5.74) is 10.8. The van der Waals surface area contributed by atoms with Crippen LogP contribution in [0.2, 0.25) is 0 Å². The predicted molar refractivity (Wildman–Crippen MR) is 102 cm³/mol. The van der Waals surface area contributed by atoms with Crippen molar-refractivity contribution in [1.82, 2.24) is 19.6 Å². The minimum absolute atomic E-state index is 0.202. The Morgan fingerprint density at radius 2 is 2.19 bits per heavy atom. The largest absolute Gasteiger partial charge is 0.493 e. The first-order chi connectivity index (χ1) is 13.1. The Morgan fingerprint density at radius 1 is 1.37 bits per heavy atom. The van der Waals surface area contributed by atoms with E-state index in [1.807, 2.05) is 19.1 Å². The lowest BCUT2D eigenvalue weighted by atomic mass is 10.1. The minimum atomic E-state index is -0.254. The van der Waals surface area contributed by atoms with E-state index in [9.17, 15) is 4.79 Å². The summed E-state index contributed by atoms with van der Waals surface area (Å²) in [7, 11) is 0. The van der Waals surface area contributed by atoms with E-state index in [4.69, 9.17) is 10.3 Å². The van der Waals surface area contributed by atoms with Gasteiger partial charge in [-0.25, -0.2) is 9.50 Å². The number of benzene rings is 1. The number of imidazole rings is 1. The van der Waals surface area contributed by atoms with E-state index in [0.717, 1.165) is 24.2 Å². The third kappa shape index (κ3) is 3.63. The molecular formula is C18H21N7O2. The molecular weight excluding hydrogens is 346 g/mol. The summed E-state index contributed by atoms with van der Waals surface area (Å²) in [5.74, 6) is 1.73. The zero-order chi connectivity index (χ0) is 19.4. The zero-order valence-electron chi connectivity index (χ0n) is 15.6. The maximum atomic E-state index is 12.7. The molecule has 0 spiro atoms. The molecule has 0 radical (unpaired) electrons. The van der Waals surface area contributed by atoms with Gasteiger partial charge in [0.25, 0.3) is 5.56 Å². The summed E-state index contributed by atoms with van der Waals surface area (Å²) in [6, 6.07) is 5.42. The zero-order valence-corrected chi connectivity index (χ0v) is 15.6. The van der Waals surface area contributed by atoms with Crippen LogP contribution in [0.4, 0.5) is 0 Å². The molecule has 0 atom stereocenters. The maximum absolute atomic E-state index is 12.7. The van der Waals surface area contributed by atoms with Crippen LogP contribution in [0, 0.1) is 6.92 Å². The van der Waals surface area contributed by atoms with Gasteiger partial charge in [-0.05, 0) is 43.5 Å². The molecule has 0 aliphatic rings. The molecule has 0 saturated carbocycles. The Balaban J connectivity index is 2.22. The monoisotopic (exact) mass is 367 g/mol. The van der Waals surface area contributed by atoms with Crippen LogP contribution in [0.3, 0.4) is 0 Å². The highest BCUT2D eigenvalue weighted by Gasteiger charge is 2.17. The van der Waals surface area contributed by atoms with Gasteiger partial charge < -0.3 is 9.72 Å². The average molecular weight is 367 g/mol. The highest BCUT2D eigenvalue weighted by Crippen LogP contribution is 2.29. The van der Waals surface area contributed by atoms with Gasteiger partial charge in [-0.2, -0.15) is 0 Å². The topological polar surface area (TPSA) is 121 Å². The van der Waals surface area contributed by atoms with Gasteiger partial charge in [0, 0.05) is 11.3 Å². The fourth-order valence-electron chi connectivity index (χ4n) is 3.00. The van der Waals surface area contributed by atoms with Crippen LogP contribution >= 0.6 is 0 Å². The number of aryl methyl sites for hydroxylation is 2. The quantitative estimate of drug-likeness (QED) is 0.390. The van der Waals surface area contributed by atoms with Gasteiger partial charge in [0.1, 0.15) is 11.6 Å². The third-order valence-electron chi connectivity index (χ3n) is 4.13. The van der Waals surface area contributed by atoms with Crippen LogP contribution in [0.5, 0.6) is 5.75 Å². The average Bonchev–Trinajstić information content (AvgIpc) is 2.97. The van der Waals surface area contributed by atoms with Crippen LogP contribution in [-0.4, -0.2) is 26.2 Å². The van der Waals surface area contributed by atoms with Gasteiger partial charge in [0.2, 0.25) is 0 Å². The van der Waals surface area contributed by atoms with E-state index in [-0.39, 0.29) is 12.1 Å². The number of ether oxygens (including phenoxy) is 1. The molecule has 0 saturated heterocycles. The fourth-order valence-corrected chi connectivity index (χ4v) is 3.00. The molecule has 0 aliphatic carbocycles. The lowest BCUT2D eigenvalue weighted by molar-refractivity contribution is 0.341. The number of nitrogens with zero attached hydrogens (tertiary/aromatic N) is 6. The van der Waals surface area contributed by atoms with E-state index in [1.165, 1.54) is 0 Å². The lowest BCUT2D eigenvalue weighted by Gasteiger charge is -2.11. The fraction of sp³-hybridized carbons (Fsp3) is 0.389. The molecule has 9 nitrogen and oxygen atoms in total. The SMILES string of the molecule is CCCc1nc(C)c2c(=O)[nH]c(-c3cc(CN=[N+]=[N-])ccc3OCC)nn12. The van der Waals surface area contributed by atoms with Crippen molar-refractivity contribution in [2.45, 2.75) is 40.2 Å². The molecule has 0 unspecified atom stereocenters. The lowest BCUT2D eigenvalue weighted by Crippen LogP contribution is -2.16. The number of aromatic amines is 1. The van der Waals surface area contributed by atoms with Gasteiger partial charge >= 0.3 is 0 Å². The van der Waals surface area contributed by atoms with Gasteiger partial charge in [0.15, 0.2) is 11.3 Å². The first kappa shape index (κ1) is 18.5. The van der Waals surface area contributed by atoms with Crippen molar-refractivity contribution < 1.29 is 4.74 Å². The predicted octanol–water partition coefficient (Wildman–Crippen LogP) is 3.55. The second kappa shape index (κ2) is 7.92. The van der Waals surface area contributed by atoms with Crippen molar-refractivity contribution in [2.75, 3.05) is 6.61 Å². The summed E-state index contributed by atoms with van der Waals surface area (Å²) in [6.45, 7) is 6.41. The minimum Gasteiger partial charge on any atom is -0.493 e. The van der Waals surface area contributed by atoms with Gasteiger partial charge in [-0.3, -0.25) is 4.79 Å². The molecule has 0 bridgehead atoms. The maximum Gasteiger partial charge on any atom is 0.277 e. The molecule has 0 amide bonds. The van der Waals surface area contributed by atoms with Gasteiger partial charge in [0.05, 0.1) is 24.4 Å². The second-order valence-corrected chi connectivity index (χ2v) is 6.08. The molecule has 2 heterocycles. The Labute approximate surface area is 155 Å². The van der Waals surface area contributed by atoms with Crippen LogP contribution in [0.1, 0.15) is 37.4 Å². The van der Waals surface area contributed by atoms with Crippen LogP contribution < -0.4 is 10.3 Å². The van der Waals surface area contributed by atoms with E-state index in [0.29, 0.717) is 35.0 Å². The number of H-pyrrole nitrogens is 1. The summed E-state index contributed by atoms with van der Waals surface area (Å²) in [6.07, 6.45) is 1.62. The number of nitrogens with one attached hydrogen (secondary N) is 1. The van der Waals surface area contributed by atoms with Crippen molar-refractivity contribution in [3.05, 3.63) is 56.1 Å². The summed E-state index contributed by atoms with van der Waals surface area (Å²) >= 11 is 0. The van der Waals surface area contributed by atoms with Crippen LogP contribution in [0.15, 0.2) is 28.1 Å². The van der Waals surface area contributed by atoms with Crippen LogP contribution in [-0.2, 0) is 13.0 Å². The highest BCUT2D eigenvalue weighted by atomic mass is 16.5. The molecule has 2 aromatic heterocycles. The van der Waals surface area contributed by atoms with Crippen molar-refractivity contribution in [3.63, 3.8) is 0 Å². The molecule has 1 aromatic carbocycles. The van der Waals surface area contributed by atoms with Crippen molar-refractivity contribution >= 4 is 5.52 Å². The van der Waals surface area contributed by atoms with E-state index in [2.05, 4.69) is 32.0 Å². The molecule has 0 fully saturated rings.